The Bertz CT molecular complexity index is 284. The minimum Gasteiger partial charge on any atom is -0.463 e. The zero-order chi connectivity index (χ0) is 10.6. The Labute approximate surface area is 78.9 Å². The summed E-state index contributed by atoms with van der Waals surface area (Å²) >= 11 is 0. The minimum atomic E-state index is -4.40. The van der Waals surface area contributed by atoms with E-state index in [-0.39, 0.29) is 6.01 Å². The third kappa shape index (κ3) is 2.86. The van der Waals surface area contributed by atoms with Gasteiger partial charge in [-0.05, 0) is 6.42 Å². The number of ether oxygens (including phenoxy) is 1. The molecule has 0 saturated heterocycles. The largest absolute Gasteiger partial charge is 0.463 e. The van der Waals surface area contributed by atoms with E-state index in [1.165, 1.54) is 0 Å². The van der Waals surface area contributed by atoms with E-state index in [0.29, 0.717) is 19.0 Å². The van der Waals surface area contributed by atoms with Gasteiger partial charge in [-0.3, -0.25) is 0 Å². The maximum Gasteiger partial charge on any atom is 0.419 e. The molecule has 0 atom stereocenters. The van der Waals surface area contributed by atoms with Gasteiger partial charge in [-0.1, -0.05) is 6.92 Å². The summed E-state index contributed by atoms with van der Waals surface area (Å²) < 4.78 is 41.1. The van der Waals surface area contributed by atoms with Gasteiger partial charge in [0.25, 0.3) is 0 Å². The Balaban J connectivity index is 2.69. The molecule has 0 amide bonds. The smallest absolute Gasteiger partial charge is 0.419 e. The van der Waals surface area contributed by atoms with Gasteiger partial charge in [-0.15, -0.1) is 0 Å². The lowest BCUT2D eigenvalue weighted by Gasteiger charge is -2.06. The van der Waals surface area contributed by atoms with Crippen molar-refractivity contribution in [1.82, 2.24) is 9.97 Å². The summed E-state index contributed by atoms with van der Waals surface area (Å²) in [6.45, 7) is 2.27. The molecule has 14 heavy (non-hydrogen) atoms. The zero-order valence-corrected chi connectivity index (χ0v) is 7.51. The summed E-state index contributed by atoms with van der Waals surface area (Å²) in [4.78, 5) is 6.86. The molecule has 78 valence electrons. The molecule has 0 N–H and O–H groups in total. The third-order valence-electron chi connectivity index (χ3n) is 1.39. The number of rotatable bonds is 3. The average molecular weight is 206 g/mol. The molecule has 0 aromatic carbocycles. The van der Waals surface area contributed by atoms with Crippen LogP contribution in [0.15, 0.2) is 12.4 Å². The quantitative estimate of drug-likeness (QED) is 0.760. The SMILES string of the molecule is CCCOc1ncc(C(F)(F)F)cn1. The highest BCUT2D eigenvalue weighted by atomic mass is 19.4. The van der Waals surface area contributed by atoms with Crippen LogP contribution in [0.1, 0.15) is 18.9 Å². The second-order valence-corrected chi connectivity index (χ2v) is 2.60. The van der Waals surface area contributed by atoms with E-state index in [1.807, 2.05) is 6.92 Å². The first-order chi connectivity index (χ1) is 6.54. The molecule has 0 unspecified atom stereocenters. The molecule has 1 aromatic heterocycles. The maximum absolute atomic E-state index is 12.1. The van der Waals surface area contributed by atoms with Crippen molar-refractivity contribution in [2.75, 3.05) is 6.61 Å². The summed E-state index contributed by atoms with van der Waals surface area (Å²) in [5, 5.41) is 0. The van der Waals surface area contributed by atoms with Crippen molar-refractivity contribution in [3.63, 3.8) is 0 Å². The molecule has 0 saturated carbocycles. The highest BCUT2D eigenvalue weighted by Crippen LogP contribution is 2.28. The summed E-state index contributed by atoms with van der Waals surface area (Å²) in [6.07, 6.45) is -2.23. The van der Waals surface area contributed by atoms with Crippen LogP contribution in [0.3, 0.4) is 0 Å². The fraction of sp³-hybridized carbons (Fsp3) is 0.500. The van der Waals surface area contributed by atoms with Crippen LogP contribution in [0.5, 0.6) is 6.01 Å². The zero-order valence-electron chi connectivity index (χ0n) is 7.51. The first-order valence-electron chi connectivity index (χ1n) is 4.06. The molecule has 0 aliphatic rings. The van der Waals surface area contributed by atoms with E-state index in [0.717, 1.165) is 6.42 Å². The van der Waals surface area contributed by atoms with E-state index in [2.05, 4.69) is 9.97 Å². The fourth-order valence-electron chi connectivity index (χ4n) is 0.730. The molecule has 0 fully saturated rings. The molecule has 1 rings (SSSR count). The van der Waals surface area contributed by atoms with Crippen LogP contribution in [0, 0.1) is 0 Å². The lowest BCUT2D eigenvalue weighted by Crippen LogP contribution is -2.07. The Morgan fingerprint density at radius 2 is 1.86 bits per heavy atom. The predicted octanol–water partition coefficient (Wildman–Crippen LogP) is 2.28. The number of hydrogen-bond donors (Lipinski definition) is 0. The molecule has 3 nitrogen and oxygen atoms in total. The first-order valence-corrected chi connectivity index (χ1v) is 4.06. The minimum absolute atomic E-state index is 0.0279. The highest BCUT2D eigenvalue weighted by Gasteiger charge is 2.31. The normalized spacial score (nSPS) is 11.4. The maximum atomic E-state index is 12.1. The lowest BCUT2D eigenvalue weighted by atomic mass is 10.3. The third-order valence-corrected chi connectivity index (χ3v) is 1.39. The molecule has 0 radical (unpaired) electrons. The molecular weight excluding hydrogens is 197 g/mol. The Hall–Kier alpha value is -1.33. The van der Waals surface area contributed by atoms with Crippen molar-refractivity contribution in [1.29, 1.82) is 0 Å². The van der Waals surface area contributed by atoms with Crippen molar-refractivity contribution >= 4 is 0 Å². The van der Waals surface area contributed by atoms with Crippen LogP contribution in [0.25, 0.3) is 0 Å². The number of hydrogen-bond acceptors (Lipinski definition) is 3. The van der Waals surface area contributed by atoms with Crippen molar-refractivity contribution in [2.24, 2.45) is 0 Å². The molecule has 0 aliphatic heterocycles. The van der Waals surface area contributed by atoms with Gasteiger partial charge in [0.1, 0.15) is 0 Å². The molecular formula is C8H9F3N2O. The average Bonchev–Trinajstić information content (AvgIpc) is 2.14. The molecule has 6 heteroatoms. The van der Waals surface area contributed by atoms with Gasteiger partial charge >= 0.3 is 12.2 Å². The van der Waals surface area contributed by atoms with Crippen molar-refractivity contribution in [3.05, 3.63) is 18.0 Å². The van der Waals surface area contributed by atoms with Crippen molar-refractivity contribution < 1.29 is 17.9 Å². The topological polar surface area (TPSA) is 35.0 Å². The van der Waals surface area contributed by atoms with Gasteiger partial charge in [-0.2, -0.15) is 13.2 Å². The van der Waals surface area contributed by atoms with E-state index >= 15 is 0 Å². The second kappa shape index (κ2) is 4.26. The summed E-state index contributed by atoms with van der Waals surface area (Å²) in [5.41, 5.74) is -0.874. The monoisotopic (exact) mass is 206 g/mol. The van der Waals surface area contributed by atoms with Crippen LogP contribution in [0.2, 0.25) is 0 Å². The van der Waals surface area contributed by atoms with Crippen LogP contribution < -0.4 is 4.74 Å². The van der Waals surface area contributed by atoms with Gasteiger partial charge in [0.05, 0.1) is 12.2 Å². The fourth-order valence-corrected chi connectivity index (χ4v) is 0.730. The molecule has 0 bridgehead atoms. The Kier molecular flexibility index (Phi) is 3.27. The lowest BCUT2D eigenvalue weighted by molar-refractivity contribution is -0.138. The van der Waals surface area contributed by atoms with Crippen molar-refractivity contribution in [3.8, 4) is 6.01 Å². The Morgan fingerprint density at radius 3 is 2.29 bits per heavy atom. The summed E-state index contributed by atoms with van der Waals surface area (Å²) in [5.74, 6) is 0. The van der Waals surface area contributed by atoms with Crippen LogP contribution in [0.4, 0.5) is 13.2 Å². The van der Waals surface area contributed by atoms with Gasteiger partial charge in [0.2, 0.25) is 0 Å². The van der Waals surface area contributed by atoms with E-state index < -0.39 is 11.7 Å². The first kappa shape index (κ1) is 10.7. The van der Waals surface area contributed by atoms with Crippen molar-refractivity contribution in [2.45, 2.75) is 19.5 Å². The Morgan fingerprint density at radius 1 is 1.29 bits per heavy atom. The van der Waals surface area contributed by atoms with Crippen LogP contribution >= 0.6 is 0 Å². The van der Waals surface area contributed by atoms with Gasteiger partial charge in [-0.25, -0.2) is 9.97 Å². The van der Waals surface area contributed by atoms with E-state index in [1.54, 1.807) is 0 Å². The summed E-state index contributed by atoms with van der Waals surface area (Å²) in [7, 11) is 0. The van der Waals surface area contributed by atoms with Crippen LogP contribution in [-0.4, -0.2) is 16.6 Å². The number of alkyl halides is 3. The summed E-state index contributed by atoms with van der Waals surface area (Å²) in [6, 6.07) is -0.0279. The molecule has 1 aromatic rings. The molecule has 0 aliphatic carbocycles. The van der Waals surface area contributed by atoms with Gasteiger partial charge in [0, 0.05) is 12.4 Å². The predicted molar refractivity (Wildman–Crippen MR) is 42.8 cm³/mol. The van der Waals surface area contributed by atoms with Crippen LogP contribution in [-0.2, 0) is 6.18 Å². The number of nitrogens with zero attached hydrogens (tertiary/aromatic N) is 2. The molecule has 1 heterocycles. The number of halogens is 3. The highest BCUT2D eigenvalue weighted by molar-refractivity contribution is 5.10. The van der Waals surface area contributed by atoms with E-state index in [4.69, 9.17) is 4.74 Å². The second-order valence-electron chi connectivity index (χ2n) is 2.60. The standard InChI is InChI=1S/C8H9F3N2O/c1-2-3-14-7-12-4-6(5-13-7)8(9,10)11/h4-5H,2-3H2,1H3. The van der Waals surface area contributed by atoms with Gasteiger partial charge < -0.3 is 4.74 Å². The van der Waals surface area contributed by atoms with Gasteiger partial charge in [0.15, 0.2) is 0 Å². The van der Waals surface area contributed by atoms with E-state index in [9.17, 15) is 13.2 Å². The molecule has 0 spiro atoms. The number of aromatic nitrogens is 2.